The Morgan fingerprint density at radius 3 is 2.74 bits per heavy atom. The maximum atomic E-state index is 11.8. The topological polar surface area (TPSA) is 66.8 Å². The molecule has 1 heterocycles. The van der Waals surface area contributed by atoms with Crippen LogP contribution in [0.4, 0.5) is 0 Å². The molecule has 0 radical (unpaired) electrons. The van der Waals surface area contributed by atoms with Crippen molar-refractivity contribution in [1.82, 2.24) is 0 Å². The van der Waals surface area contributed by atoms with Gasteiger partial charge in [0.25, 0.3) is 0 Å². The SMILES string of the molecule is CC1=C2C3OC(=O)C(C)C3CC(O)C2(C)CCC1O. The van der Waals surface area contributed by atoms with Crippen LogP contribution in [0.25, 0.3) is 0 Å². The predicted octanol–water partition coefficient (Wildman–Crippen LogP) is 1.41. The Kier molecular flexibility index (Phi) is 2.81. The lowest BCUT2D eigenvalue weighted by Crippen LogP contribution is -2.50. The lowest BCUT2D eigenvalue weighted by atomic mass is 9.57. The van der Waals surface area contributed by atoms with E-state index in [-0.39, 0.29) is 29.3 Å². The minimum atomic E-state index is -0.469. The van der Waals surface area contributed by atoms with Crippen LogP contribution in [0.3, 0.4) is 0 Å². The van der Waals surface area contributed by atoms with Crippen LogP contribution in [0.15, 0.2) is 11.1 Å². The van der Waals surface area contributed by atoms with Crippen LogP contribution in [-0.4, -0.2) is 34.5 Å². The summed E-state index contributed by atoms with van der Waals surface area (Å²) >= 11 is 0. The van der Waals surface area contributed by atoms with E-state index in [1.165, 1.54) is 0 Å². The quantitative estimate of drug-likeness (QED) is 0.514. The van der Waals surface area contributed by atoms with Crippen LogP contribution in [0, 0.1) is 17.3 Å². The van der Waals surface area contributed by atoms with Gasteiger partial charge < -0.3 is 14.9 Å². The molecule has 6 unspecified atom stereocenters. The Hall–Kier alpha value is -0.870. The zero-order valence-corrected chi connectivity index (χ0v) is 11.7. The molecule has 0 aromatic heterocycles. The van der Waals surface area contributed by atoms with Gasteiger partial charge >= 0.3 is 5.97 Å². The standard InChI is InChI=1S/C15H22O4/c1-7-9-6-11(17)15(3)5-4-10(16)8(2)12(15)13(9)19-14(7)18/h7,9-11,13,16-17H,4-6H2,1-3H3. The minimum Gasteiger partial charge on any atom is -0.457 e. The maximum absolute atomic E-state index is 11.8. The molecule has 6 atom stereocenters. The molecular weight excluding hydrogens is 244 g/mol. The second-order valence-corrected chi connectivity index (χ2v) is 6.63. The van der Waals surface area contributed by atoms with E-state index < -0.39 is 12.2 Å². The van der Waals surface area contributed by atoms with Crippen molar-refractivity contribution in [3.8, 4) is 0 Å². The first-order chi connectivity index (χ1) is 8.86. The molecular formula is C15H22O4. The molecule has 4 nitrogen and oxygen atoms in total. The Morgan fingerprint density at radius 2 is 2.05 bits per heavy atom. The van der Waals surface area contributed by atoms with Gasteiger partial charge in [-0.05, 0) is 37.3 Å². The van der Waals surface area contributed by atoms with E-state index in [0.717, 1.165) is 17.6 Å². The zero-order chi connectivity index (χ0) is 13.9. The number of fused-ring (bicyclic) bond motifs is 3. The van der Waals surface area contributed by atoms with Gasteiger partial charge in [-0.25, -0.2) is 0 Å². The van der Waals surface area contributed by atoms with E-state index in [2.05, 4.69) is 0 Å². The fourth-order valence-corrected chi connectivity index (χ4v) is 4.19. The van der Waals surface area contributed by atoms with E-state index in [1.807, 2.05) is 20.8 Å². The first kappa shape index (κ1) is 13.1. The Labute approximate surface area is 113 Å². The van der Waals surface area contributed by atoms with Crippen LogP contribution >= 0.6 is 0 Å². The van der Waals surface area contributed by atoms with Crippen LogP contribution in [-0.2, 0) is 9.53 Å². The Balaban J connectivity index is 2.11. The van der Waals surface area contributed by atoms with Crippen LogP contribution < -0.4 is 0 Å². The molecule has 106 valence electrons. The second kappa shape index (κ2) is 4.06. The molecule has 3 rings (SSSR count). The summed E-state index contributed by atoms with van der Waals surface area (Å²) in [5, 5.41) is 20.6. The van der Waals surface area contributed by atoms with E-state index in [0.29, 0.717) is 12.8 Å². The number of esters is 1. The summed E-state index contributed by atoms with van der Waals surface area (Å²) in [6.45, 7) is 5.82. The van der Waals surface area contributed by atoms with Crippen molar-refractivity contribution in [3.63, 3.8) is 0 Å². The summed E-state index contributed by atoms with van der Waals surface area (Å²) in [6.07, 6.45) is 0.861. The fourth-order valence-electron chi connectivity index (χ4n) is 4.19. The third kappa shape index (κ3) is 1.62. The average Bonchev–Trinajstić information content (AvgIpc) is 2.63. The van der Waals surface area contributed by atoms with Crippen molar-refractivity contribution in [2.24, 2.45) is 17.3 Å². The highest BCUT2D eigenvalue weighted by Crippen LogP contribution is 2.55. The van der Waals surface area contributed by atoms with E-state index in [1.54, 1.807) is 0 Å². The molecule has 2 aliphatic carbocycles. The highest BCUT2D eigenvalue weighted by molar-refractivity contribution is 5.76. The predicted molar refractivity (Wildman–Crippen MR) is 69.2 cm³/mol. The molecule has 0 amide bonds. The van der Waals surface area contributed by atoms with Crippen LogP contribution in [0.2, 0.25) is 0 Å². The normalized spacial score (nSPS) is 49.7. The zero-order valence-electron chi connectivity index (χ0n) is 11.7. The highest BCUT2D eigenvalue weighted by atomic mass is 16.6. The van der Waals surface area contributed by atoms with Crippen molar-refractivity contribution in [3.05, 3.63) is 11.1 Å². The number of carbonyl (C=O) groups excluding carboxylic acids is 1. The van der Waals surface area contributed by atoms with Crippen molar-refractivity contribution in [2.45, 2.75) is 58.3 Å². The number of hydrogen-bond donors (Lipinski definition) is 2. The van der Waals surface area contributed by atoms with Gasteiger partial charge in [0, 0.05) is 11.3 Å². The molecule has 2 N–H and O–H groups in total. The van der Waals surface area contributed by atoms with Gasteiger partial charge in [0.2, 0.25) is 0 Å². The van der Waals surface area contributed by atoms with Crippen molar-refractivity contribution in [1.29, 1.82) is 0 Å². The van der Waals surface area contributed by atoms with Gasteiger partial charge in [0.1, 0.15) is 6.10 Å². The molecule has 4 heteroatoms. The van der Waals surface area contributed by atoms with E-state index >= 15 is 0 Å². The number of aliphatic hydroxyl groups is 2. The third-order valence-corrected chi connectivity index (χ3v) is 5.64. The molecule has 0 bridgehead atoms. The molecule has 1 aliphatic heterocycles. The second-order valence-electron chi connectivity index (χ2n) is 6.63. The summed E-state index contributed by atoms with van der Waals surface area (Å²) in [5.41, 5.74) is 1.52. The molecule has 19 heavy (non-hydrogen) atoms. The maximum Gasteiger partial charge on any atom is 0.309 e. The first-order valence-electron chi connectivity index (χ1n) is 7.14. The van der Waals surface area contributed by atoms with Crippen LogP contribution in [0.1, 0.15) is 40.0 Å². The summed E-state index contributed by atoms with van der Waals surface area (Å²) in [4.78, 5) is 11.8. The molecule has 0 aromatic carbocycles. The van der Waals surface area contributed by atoms with Gasteiger partial charge in [-0.3, -0.25) is 4.79 Å². The minimum absolute atomic E-state index is 0.0471. The van der Waals surface area contributed by atoms with Crippen molar-refractivity contribution < 1.29 is 19.7 Å². The van der Waals surface area contributed by atoms with Gasteiger partial charge in [-0.15, -0.1) is 0 Å². The summed E-state index contributed by atoms with van der Waals surface area (Å²) in [6, 6.07) is 0. The molecule has 1 saturated heterocycles. The average molecular weight is 266 g/mol. The molecule has 1 saturated carbocycles. The fraction of sp³-hybridized carbons (Fsp3) is 0.800. The Bertz CT molecular complexity index is 455. The largest absolute Gasteiger partial charge is 0.457 e. The monoisotopic (exact) mass is 266 g/mol. The van der Waals surface area contributed by atoms with Crippen molar-refractivity contribution in [2.75, 3.05) is 0 Å². The third-order valence-electron chi connectivity index (χ3n) is 5.64. The van der Waals surface area contributed by atoms with Gasteiger partial charge in [0.15, 0.2) is 0 Å². The van der Waals surface area contributed by atoms with Gasteiger partial charge in [-0.1, -0.05) is 13.8 Å². The van der Waals surface area contributed by atoms with E-state index in [9.17, 15) is 15.0 Å². The smallest absolute Gasteiger partial charge is 0.309 e. The summed E-state index contributed by atoms with van der Waals surface area (Å²) < 4.78 is 5.56. The molecule has 0 aromatic rings. The summed E-state index contributed by atoms with van der Waals surface area (Å²) in [5.74, 6) is -0.291. The van der Waals surface area contributed by atoms with Gasteiger partial charge in [-0.2, -0.15) is 0 Å². The number of ether oxygens (including phenoxy) is 1. The first-order valence-corrected chi connectivity index (χ1v) is 7.14. The lowest BCUT2D eigenvalue weighted by molar-refractivity contribution is -0.144. The summed E-state index contributed by atoms with van der Waals surface area (Å²) in [7, 11) is 0. The lowest BCUT2D eigenvalue weighted by Gasteiger charge is -2.49. The Morgan fingerprint density at radius 1 is 1.37 bits per heavy atom. The highest BCUT2D eigenvalue weighted by Gasteiger charge is 2.57. The van der Waals surface area contributed by atoms with Gasteiger partial charge in [0.05, 0.1) is 18.1 Å². The van der Waals surface area contributed by atoms with E-state index in [4.69, 9.17) is 4.74 Å². The number of carbonyl (C=O) groups is 1. The molecule has 0 spiro atoms. The van der Waals surface area contributed by atoms with Crippen LogP contribution in [0.5, 0.6) is 0 Å². The number of hydrogen-bond acceptors (Lipinski definition) is 4. The number of aliphatic hydroxyl groups excluding tert-OH is 2. The molecule has 2 fully saturated rings. The number of rotatable bonds is 0. The van der Waals surface area contributed by atoms with Crippen molar-refractivity contribution >= 4 is 5.97 Å². The molecule has 3 aliphatic rings.